The molecule has 60 valence electrons. The molecule has 2 heterocycles. The van der Waals surface area contributed by atoms with E-state index in [0.29, 0.717) is 0 Å². The quantitative estimate of drug-likeness (QED) is 0.702. The van der Waals surface area contributed by atoms with E-state index in [-0.39, 0.29) is 0 Å². The van der Waals surface area contributed by atoms with Gasteiger partial charge in [0, 0.05) is 6.20 Å². The van der Waals surface area contributed by atoms with E-state index in [9.17, 15) is 4.79 Å². The molecule has 0 spiro atoms. The second kappa shape index (κ2) is 2.95. The maximum Gasteiger partial charge on any atom is 0.160 e. The summed E-state index contributed by atoms with van der Waals surface area (Å²) in [5.41, 5.74) is 1.06. The number of aromatic nitrogens is 1. The number of hydrogen-bond donors (Lipinski definition) is 1. The zero-order chi connectivity index (χ0) is 8.39. The van der Waals surface area contributed by atoms with Crippen molar-refractivity contribution in [3.8, 4) is 10.6 Å². The smallest absolute Gasteiger partial charge is 0.160 e. The summed E-state index contributed by atoms with van der Waals surface area (Å²) in [7, 11) is 0. The third kappa shape index (κ3) is 1.19. The third-order valence-electron chi connectivity index (χ3n) is 1.61. The van der Waals surface area contributed by atoms with Crippen LogP contribution in [0.5, 0.6) is 0 Å². The van der Waals surface area contributed by atoms with E-state index >= 15 is 0 Å². The van der Waals surface area contributed by atoms with Crippen LogP contribution in [0, 0.1) is 0 Å². The molecular formula is C9H7NOS. The fourth-order valence-corrected chi connectivity index (χ4v) is 1.86. The molecule has 0 aromatic carbocycles. The lowest BCUT2D eigenvalue weighted by molar-refractivity contribution is 0.112. The van der Waals surface area contributed by atoms with Crippen molar-refractivity contribution < 1.29 is 4.79 Å². The molecule has 2 aromatic rings. The first-order valence-corrected chi connectivity index (χ1v) is 4.40. The molecule has 2 rings (SSSR count). The number of carbonyl (C=O) groups is 1. The minimum atomic E-state index is 0.764. The van der Waals surface area contributed by atoms with Crippen LogP contribution in [0.2, 0.25) is 0 Å². The number of aromatic amines is 1. The van der Waals surface area contributed by atoms with Crippen LogP contribution in [-0.4, -0.2) is 11.3 Å². The van der Waals surface area contributed by atoms with Crippen molar-refractivity contribution in [3.05, 3.63) is 35.3 Å². The minimum Gasteiger partial charge on any atom is -0.361 e. The molecule has 0 amide bonds. The maximum atomic E-state index is 10.4. The van der Waals surface area contributed by atoms with E-state index in [1.54, 1.807) is 0 Å². The Bertz CT molecular complexity index is 375. The zero-order valence-corrected chi connectivity index (χ0v) is 7.10. The Morgan fingerprint density at radius 3 is 2.83 bits per heavy atom. The predicted molar refractivity (Wildman–Crippen MR) is 49.5 cm³/mol. The van der Waals surface area contributed by atoms with Gasteiger partial charge in [-0.1, -0.05) is 0 Å². The Labute approximate surface area is 73.9 Å². The van der Waals surface area contributed by atoms with Gasteiger partial charge in [0.2, 0.25) is 0 Å². The first-order valence-electron chi connectivity index (χ1n) is 3.59. The van der Waals surface area contributed by atoms with Gasteiger partial charge in [-0.3, -0.25) is 4.79 Å². The Morgan fingerprint density at radius 2 is 2.25 bits per heavy atom. The van der Waals surface area contributed by atoms with Crippen molar-refractivity contribution in [1.82, 2.24) is 4.98 Å². The van der Waals surface area contributed by atoms with Crippen LogP contribution in [0.25, 0.3) is 10.6 Å². The molecule has 0 radical (unpaired) electrons. The van der Waals surface area contributed by atoms with Gasteiger partial charge in [0.05, 0.1) is 15.4 Å². The fourth-order valence-electron chi connectivity index (χ4n) is 1.04. The molecule has 12 heavy (non-hydrogen) atoms. The summed E-state index contributed by atoms with van der Waals surface area (Å²) in [5.74, 6) is 0. The molecule has 0 bridgehead atoms. The Balaban J connectivity index is 2.41. The lowest BCUT2D eigenvalue weighted by Crippen LogP contribution is -1.66. The molecule has 3 heteroatoms. The van der Waals surface area contributed by atoms with Crippen LogP contribution in [0.15, 0.2) is 30.5 Å². The number of hydrogen-bond acceptors (Lipinski definition) is 2. The average molecular weight is 177 g/mol. The summed E-state index contributed by atoms with van der Waals surface area (Å²) in [6, 6.07) is 7.70. The molecule has 0 saturated heterocycles. The van der Waals surface area contributed by atoms with Crippen LogP contribution in [0.3, 0.4) is 0 Å². The molecule has 0 aliphatic heterocycles. The Kier molecular flexibility index (Phi) is 1.80. The molecule has 0 fully saturated rings. The van der Waals surface area contributed by atoms with Crippen molar-refractivity contribution in [2.75, 3.05) is 0 Å². The molecule has 0 aliphatic rings. The molecular weight excluding hydrogens is 170 g/mol. The van der Waals surface area contributed by atoms with Crippen LogP contribution < -0.4 is 0 Å². The van der Waals surface area contributed by atoms with Crippen molar-refractivity contribution in [3.63, 3.8) is 0 Å². The summed E-state index contributed by atoms with van der Waals surface area (Å²) in [5, 5.41) is 0. The van der Waals surface area contributed by atoms with E-state index in [1.807, 2.05) is 30.5 Å². The molecule has 0 unspecified atom stereocenters. The second-order valence-corrected chi connectivity index (χ2v) is 3.52. The van der Waals surface area contributed by atoms with Gasteiger partial charge < -0.3 is 4.98 Å². The van der Waals surface area contributed by atoms with Crippen molar-refractivity contribution in [2.24, 2.45) is 0 Å². The van der Waals surface area contributed by atoms with Crippen LogP contribution >= 0.6 is 11.3 Å². The van der Waals surface area contributed by atoms with Gasteiger partial charge in [0.25, 0.3) is 0 Å². The number of H-pyrrole nitrogens is 1. The highest BCUT2D eigenvalue weighted by atomic mass is 32.1. The van der Waals surface area contributed by atoms with Gasteiger partial charge >= 0.3 is 0 Å². The summed E-state index contributed by atoms with van der Waals surface area (Å²) >= 11 is 1.49. The van der Waals surface area contributed by atoms with E-state index in [0.717, 1.165) is 21.7 Å². The fraction of sp³-hybridized carbons (Fsp3) is 0. The molecule has 2 nitrogen and oxygen atoms in total. The van der Waals surface area contributed by atoms with Gasteiger partial charge in [0.1, 0.15) is 0 Å². The van der Waals surface area contributed by atoms with Gasteiger partial charge in [-0.2, -0.15) is 0 Å². The summed E-state index contributed by atoms with van der Waals surface area (Å²) in [4.78, 5) is 15.3. The average Bonchev–Trinajstić information content (AvgIpc) is 2.75. The first-order chi connectivity index (χ1) is 5.90. The maximum absolute atomic E-state index is 10.4. The summed E-state index contributed by atoms with van der Waals surface area (Å²) in [6.07, 6.45) is 2.74. The highest BCUT2D eigenvalue weighted by molar-refractivity contribution is 7.17. The molecule has 2 aromatic heterocycles. The van der Waals surface area contributed by atoms with Gasteiger partial charge in [-0.15, -0.1) is 11.3 Å². The van der Waals surface area contributed by atoms with Crippen molar-refractivity contribution in [2.45, 2.75) is 0 Å². The number of thiophene rings is 1. The Morgan fingerprint density at radius 1 is 1.33 bits per heavy atom. The molecule has 0 atom stereocenters. The first kappa shape index (κ1) is 7.31. The molecule has 0 saturated carbocycles. The largest absolute Gasteiger partial charge is 0.361 e. The van der Waals surface area contributed by atoms with Crippen LogP contribution in [0.1, 0.15) is 9.67 Å². The number of aldehydes is 1. The van der Waals surface area contributed by atoms with Gasteiger partial charge in [-0.25, -0.2) is 0 Å². The SMILES string of the molecule is O=Cc1ccc(-c2ccc[nH]2)s1. The predicted octanol–water partition coefficient (Wildman–Crippen LogP) is 2.56. The van der Waals surface area contributed by atoms with Crippen LogP contribution in [-0.2, 0) is 0 Å². The molecule has 1 N–H and O–H groups in total. The monoisotopic (exact) mass is 177 g/mol. The Hall–Kier alpha value is -1.35. The second-order valence-electron chi connectivity index (χ2n) is 2.40. The van der Waals surface area contributed by atoms with Crippen molar-refractivity contribution in [1.29, 1.82) is 0 Å². The summed E-state index contributed by atoms with van der Waals surface area (Å²) in [6.45, 7) is 0. The van der Waals surface area contributed by atoms with E-state index in [1.165, 1.54) is 11.3 Å². The topological polar surface area (TPSA) is 32.9 Å². The van der Waals surface area contributed by atoms with E-state index < -0.39 is 0 Å². The van der Waals surface area contributed by atoms with Gasteiger partial charge in [-0.05, 0) is 24.3 Å². The van der Waals surface area contributed by atoms with E-state index in [2.05, 4.69) is 4.98 Å². The standard InChI is InChI=1S/C9H7NOS/c11-6-7-3-4-9(12-7)8-2-1-5-10-8/h1-6,10H. The number of carbonyl (C=O) groups excluding carboxylic acids is 1. The van der Waals surface area contributed by atoms with Crippen LogP contribution in [0.4, 0.5) is 0 Å². The normalized spacial score (nSPS) is 10.0. The zero-order valence-electron chi connectivity index (χ0n) is 6.28. The van der Waals surface area contributed by atoms with Crippen molar-refractivity contribution >= 4 is 17.6 Å². The minimum absolute atomic E-state index is 0.764. The van der Waals surface area contributed by atoms with Gasteiger partial charge in [0.15, 0.2) is 6.29 Å². The number of rotatable bonds is 2. The van der Waals surface area contributed by atoms with E-state index in [4.69, 9.17) is 0 Å². The highest BCUT2D eigenvalue weighted by Crippen LogP contribution is 2.25. The highest BCUT2D eigenvalue weighted by Gasteiger charge is 2.01. The molecule has 0 aliphatic carbocycles. The number of nitrogens with one attached hydrogen (secondary N) is 1. The lowest BCUT2D eigenvalue weighted by atomic mass is 10.3. The summed E-state index contributed by atoms with van der Waals surface area (Å²) < 4.78 is 0. The lowest BCUT2D eigenvalue weighted by Gasteiger charge is -1.87. The third-order valence-corrected chi connectivity index (χ3v) is 2.65.